The fraction of sp³-hybridized carbons (Fsp3) is 0.409. The van der Waals surface area contributed by atoms with Crippen molar-refractivity contribution < 1.29 is 45.3 Å². The lowest BCUT2D eigenvalue weighted by atomic mass is 10.2. The normalized spacial score (nSPS) is 15.0. The van der Waals surface area contributed by atoms with E-state index in [2.05, 4.69) is 30.6 Å². The molecule has 292 valence electrons. The Bertz CT molecular complexity index is 1310. The lowest BCUT2D eigenvalue weighted by Gasteiger charge is -2.04. The highest BCUT2D eigenvalue weighted by molar-refractivity contribution is 5.67. The summed E-state index contributed by atoms with van der Waals surface area (Å²) in [4.78, 5) is 25.0. The van der Waals surface area contributed by atoms with Gasteiger partial charge in [0, 0.05) is 19.3 Å². The Morgan fingerprint density at radius 1 is 0.547 bits per heavy atom. The summed E-state index contributed by atoms with van der Waals surface area (Å²) in [6, 6.07) is 0. The number of carbonyl (C=O) groups is 2. The number of aliphatic hydroxyl groups excluding tert-OH is 3. The number of hydrogen-bond donors (Lipinski definition) is 6. The van der Waals surface area contributed by atoms with Crippen molar-refractivity contribution in [3.8, 4) is 11.8 Å². The van der Waals surface area contributed by atoms with E-state index in [0.717, 1.165) is 25.7 Å². The molecule has 0 saturated heterocycles. The minimum absolute atomic E-state index is 0.0270. The van der Waals surface area contributed by atoms with E-state index in [1.807, 2.05) is 85.1 Å². The maximum Gasteiger partial charge on any atom is 0.304 e. The van der Waals surface area contributed by atoms with E-state index in [9.17, 15) is 24.9 Å². The fourth-order valence-corrected chi connectivity index (χ4v) is 3.73. The van der Waals surface area contributed by atoms with Gasteiger partial charge in [0.2, 0.25) is 0 Å². The molecule has 0 saturated carbocycles. The second-order valence-electron chi connectivity index (χ2n) is 11.4. The number of aliphatic carboxylic acids is 2. The van der Waals surface area contributed by atoms with Gasteiger partial charge in [0.25, 0.3) is 0 Å². The SMILES string of the molecule is CC/C=C\C[C@@H](O)/C=C/C=C\C/C=C\C=C\[C@@H](C/C=C\CCC(=O)O)OO.CC/C=C\C[C@H](O)/C=C/C=C\C/C=C\C=C\C(O)CC#CCCC(=O)O. The summed E-state index contributed by atoms with van der Waals surface area (Å²) in [6.45, 7) is 4.12. The molecule has 0 rings (SSSR count). The lowest BCUT2D eigenvalue weighted by Crippen LogP contribution is -2.05. The van der Waals surface area contributed by atoms with Crippen molar-refractivity contribution in [2.24, 2.45) is 0 Å². The molecule has 6 N–H and O–H groups in total. The van der Waals surface area contributed by atoms with Gasteiger partial charge in [-0.05, 0) is 51.4 Å². The number of carboxylic acid groups (broad SMARTS) is 2. The van der Waals surface area contributed by atoms with E-state index in [1.54, 1.807) is 48.6 Å². The quantitative estimate of drug-likeness (QED) is 0.0159. The predicted octanol–water partition coefficient (Wildman–Crippen LogP) is 8.93. The van der Waals surface area contributed by atoms with Gasteiger partial charge in [0.15, 0.2) is 0 Å². The Morgan fingerprint density at radius 3 is 1.45 bits per heavy atom. The predicted molar refractivity (Wildman–Crippen MR) is 216 cm³/mol. The number of aliphatic hydroxyl groups is 3. The third kappa shape index (κ3) is 43.5. The average Bonchev–Trinajstić information content (AvgIpc) is 3.12. The summed E-state index contributed by atoms with van der Waals surface area (Å²) in [7, 11) is 0. The topological polar surface area (TPSA) is 165 Å². The highest BCUT2D eigenvalue weighted by Gasteiger charge is 2.01. The minimum atomic E-state index is -0.866. The van der Waals surface area contributed by atoms with Crippen LogP contribution in [0, 0.1) is 11.8 Å². The summed E-state index contributed by atoms with van der Waals surface area (Å²) in [6.07, 6.45) is 45.4. The fourth-order valence-electron chi connectivity index (χ4n) is 3.73. The van der Waals surface area contributed by atoms with Crippen molar-refractivity contribution in [3.63, 3.8) is 0 Å². The van der Waals surface area contributed by atoms with E-state index in [4.69, 9.17) is 15.5 Å². The Kier molecular flexibility index (Phi) is 38.4. The molecule has 0 aromatic heterocycles. The van der Waals surface area contributed by atoms with Crippen molar-refractivity contribution >= 4 is 11.9 Å². The molecule has 0 bridgehead atoms. The maximum atomic E-state index is 10.4. The first-order valence-corrected chi connectivity index (χ1v) is 18.2. The molecule has 0 amide bonds. The van der Waals surface area contributed by atoms with Crippen LogP contribution >= 0.6 is 0 Å². The molecule has 9 nitrogen and oxygen atoms in total. The van der Waals surface area contributed by atoms with E-state index in [-0.39, 0.29) is 12.8 Å². The van der Waals surface area contributed by atoms with Gasteiger partial charge in [-0.25, -0.2) is 4.89 Å². The molecule has 4 atom stereocenters. The third-order valence-corrected chi connectivity index (χ3v) is 6.51. The highest BCUT2D eigenvalue weighted by Crippen LogP contribution is 2.03. The zero-order chi connectivity index (χ0) is 39.6. The van der Waals surface area contributed by atoms with Crippen LogP contribution in [0.15, 0.2) is 134 Å². The van der Waals surface area contributed by atoms with Crippen molar-refractivity contribution in [2.45, 2.75) is 115 Å². The molecule has 0 spiro atoms. The molecule has 53 heavy (non-hydrogen) atoms. The first-order chi connectivity index (χ1) is 25.7. The Morgan fingerprint density at radius 2 is 1.00 bits per heavy atom. The molecule has 1 unspecified atom stereocenters. The minimum Gasteiger partial charge on any atom is -0.481 e. The van der Waals surface area contributed by atoms with E-state index in [0.29, 0.717) is 38.5 Å². The Hall–Kier alpha value is -4.56. The van der Waals surface area contributed by atoms with Gasteiger partial charge < -0.3 is 25.5 Å². The molecular weight excluding hydrogens is 672 g/mol. The second kappa shape index (κ2) is 40.2. The molecular formula is C44H62O9. The molecule has 0 fully saturated rings. The van der Waals surface area contributed by atoms with Crippen molar-refractivity contribution in [2.75, 3.05) is 0 Å². The second-order valence-corrected chi connectivity index (χ2v) is 11.4. The van der Waals surface area contributed by atoms with Crippen LogP contribution in [0.5, 0.6) is 0 Å². The van der Waals surface area contributed by atoms with Gasteiger partial charge in [0.1, 0.15) is 6.10 Å². The standard InChI is InChI=1S/C22H32O5.C22H30O4/c1-2-3-10-15-20(23)16-11-7-5-4-6-8-12-17-21(27-26)18-13-9-14-19-22(24)25;1-2-3-10-15-20(23)16-11-7-5-4-6-8-12-17-21(24)18-13-9-14-19-22(25)26/h3,5-13,16-17,20-21,23,26H,2,4,14-15,18-19H2,1H3,(H,24,25);3,5-8,10-12,16-17,20-21,23-24H,2,4,14-15,18-19H2,1H3,(H,25,26)/b7-5-,8-6-,10-3-,13-9-,16-11+,17-12+;7-5-,8-6-,10-3-,16-11+,17-12+/t20-,21+;20-,21?/m10/s1. The van der Waals surface area contributed by atoms with Gasteiger partial charge in [-0.2, -0.15) is 0 Å². The molecule has 0 aliphatic carbocycles. The van der Waals surface area contributed by atoms with Crippen LogP contribution in [-0.4, -0.2) is 67.1 Å². The van der Waals surface area contributed by atoms with Gasteiger partial charge in [0.05, 0.1) is 24.7 Å². The summed E-state index contributed by atoms with van der Waals surface area (Å²) in [5.41, 5.74) is 0. The van der Waals surface area contributed by atoms with Crippen LogP contribution in [0.3, 0.4) is 0 Å². The van der Waals surface area contributed by atoms with Crippen LogP contribution in [-0.2, 0) is 14.5 Å². The number of carboxylic acids is 2. The van der Waals surface area contributed by atoms with E-state index >= 15 is 0 Å². The van der Waals surface area contributed by atoms with Gasteiger partial charge in [-0.15, -0.1) is 11.8 Å². The summed E-state index contributed by atoms with van der Waals surface area (Å²) in [5.74, 6) is 3.78. The van der Waals surface area contributed by atoms with Gasteiger partial charge >= 0.3 is 11.9 Å². The van der Waals surface area contributed by atoms with Gasteiger partial charge in [-0.3, -0.25) is 14.8 Å². The molecule has 0 aliphatic rings. The Labute approximate surface area is 317 Å². The molecule has 0 aliphatic heterocycles. The average molecular weight is 735 g/mol. The van der Waals surface area contributed by atoms with Gasteiger partial charge in [-0.1, -0.05) is 148 Å². The van der Waals surface area contributed by atoms with Crippen molar-refractivity contribution in [1.82, 2.24) is 0 Å². The molecule has 0 radical (unpaired) electrons. The number of hydrogen-bond acceptors (Lipinski definition) is 7. The summed E-state index contributed by atoms with van der Waals surface area (Å²) >= 11 is 0. The van der Waals surface area contributed by atoms with Crippen molar-refractivity contribution in [3.05, 3.63) is 134 Å². The molecule has 0 heterocycles. The molecule has 9 heteroatoms. The first kappa shape index (κ1) is 50.5. The third-order valence-electron chi connectivity index (χ3n) is 6.51. The van der Waals surface area contributed by atoms with Crippen LogP contribution in [0.2, 0.25) is 0 Å². The smallest absolute Gasteiger partial charge is 0.304 e. The largest absolute Gasteiger partial charge is 0.481 e. The Balaban J connectivity index is 0. The maximum absolute atomic E-state index is 10.4. The zero-order valence-electron chi connectivity index (χ0n) is 31.4. The molecule has 0 aromatic rings. The van der Waals surface area contributed by atoms with E-state index < -0.39 is 36.4 Å². The van der Waals surface area contributed by atoms with Crippen LogP contribution < -0.4 is 0 Å². The summed E-state index contributed by atoms with van der Waals surface area (Å²) < 4.78 is 0. The van der Waals surface area contributed by atoms with E-state index in [1.165, 1.54) is 0 Å². The lowest BCUT2D eigenvalue weighted by molar-refractivity contribution is -0.264. The number of rotatable bonds is 27. The van der Waals surface area contributed by atoms with Crippen LogP contribution in [0.4, 0.5) is 0 Å². The summed E-state index contributed by atoms with van der Waals surface area (Å²) in [5, 5.41) is 54.8. The zero-order valence-corrected chi connectivity index (χ0v) is 31.4. The first-order valence-electron chi connectivity index (χ1n) is 18.2. The number of allylic oxidation sites excluding steroid dienone is 15. The van der Waals surface area contributed by atoms with Crippen LogP contribution in [0.1, 0.15) is 90.9 Å². The van der Waals surface area contributed by atoms with Crippen molar-refractivity contribution in [1.29, 1.82) is 0 Å². The monoisotopic (exact) mass is 734 g/mol. The molecule has 0 aromatic carbocycles. The highest BCUT2D eigenvalue weighted by atomic mass is 17.1. The van der Waals surface area contributed by atoms with Crippen LogP contribution in [0.25, 0.3) is 0 Å².